The predicted octanol–water partition coefficient (Wildman–Crippen LogP) is 5.65. The summed E-state index contributed by atoms with van der Waals surface area (Å²) in [5.74, 6) is -1.97. The number of halogens is 3. The van der Waals surface area contributed by atoms with E-state index in [2.05, 4.69) is 15.0 Å². The van der Waals surface area contributed by atoms with E-state index in [-0.39, 0.29) is 17.6 Å². The van der Waals surface area contributed by atoms with Crippen LogP contribution in [0.15, 0.2) is 36.4 Å². The number of benzene rings is 2. The first kappa shape index (κ1) is 21.6. The van der Waals surface area contributed by atoms with Crippen molar-refractivity contribution in [2.24, 2.45) is 0 Å². The van der Waals surface area contributed by atoms with E-state index in [1.165, 1.54) is 17.4 Å². The highest BCUT2D eigenvalue weighted by atomic mass is 32.1. The number of thiazole rings is 1. The summed E-state index contributed by atoms with van der Waals surface area (Å²) < 4.78 is 41.6. The van der Waals surface area contributed by atoms with Crippen LogP contribution in [0.3, 0.4) is 0 Å². The first-order chi connectivity index (χ1) is 15.9. The Balaban J connectivity index is 1.45. The molecule has 0 spiro atoms. The van der Waals surface area contributed by atoms with Crippen LogP contribution in [0.4, 0.5) is 13.2 Å². The topological polar surface area (TPSA) is 61.9 Å². The lowest BCUT2D eigenvalue weighted by molar-refractivity contribution is 0.0607. The number of nitrogens with one attached hydrogen (secondary N) is 1. The zero-order valence-corrected chi connectivity index (χ0v) is 18.7. The van der Waals surface area contributed by atoms with Crippen molar-refractivity contribution < 1.29 is 18.0 Å². The van der Waals surface area contributed by atoms with Crippen molar-refractivity contribution in [2.75, 3.05) is 6.54 Å². The van der Waals surface area contributed by atoms with Gasteiger partial charge in [0.05, 0.1) is 20.9 Å². The molecule has 1 N–H and O–H groups in total. The SMILES string of the molecule is Cc1nc(C(=O)N2CCCCC2Cc2nc3cc(F)c(F)cc3[nH]2)c(-c2ccccc2F)s1. The maximum absolute atomic E-state index is 14.5. The van der Waals surface area contributed by atoms with Gasteiger partial charge in [-0.1, -0.05) is 18.2 Å². The van der Waals surface area contributed by atoms with Crippen LogP contribution in [0.25, 0.3) is 21.5 Å². The Hall–Kier alpha value is -3.20. The highest BCUT2D eigenvalue weighted by Crippen LogP contribution is 2.34. The summed E-state index contributed by atoms with van der Waals surface area (Å²) in [5, 5.41) is 0.687. The highest BCUT2D eigenvalue weighted by Gasteiger charge is 2.32. The number of H-pyrrole nitrogens is 1. The lowest BCUT2D eigenvalue weighted by Crippen LogP contribution is -2.45. The van der Waals surface area contributed by atoms with Crippen LogP contribution in [-0.4, -0.2) is 38.3 Å². The predicted molar refractivity (Wildman–Crippen MR) is 121 cm³/mol. The Labute approximate surface area is 192 Å². The molecule has 1 unspecified atom stereocenters. The second kappa shape index (κ2) is 8.62. The molecular weight excluding hydrogens is 449 g/mol. The van der Waals surface area contributed by atoms with E-state index >= 15 is 0 Å². The average Bonchev–Trinajstić information content (AvgIpc) is 3.36. The highest BCUT2D eigenvalue weighted by molar-refractivity contribution is 7.15. The molecule has 0 bridgehead atoms. The lowest BCUT2D eigenvalue weighted by atomic mass is 9.98. The number of likely N-dealkylation sites (tertiary alicyclic amines) is 1. The van der Waals surface area contributed by atoms with Gasteiger partial charge in [-0.2, -0.15) is 0 Å². The number of imidazole rings is 1. The number of nitrogens with zero attached hydrogens (tertiary/aromatic N) is 3. The van der Waals surface area contributed by atoms with Gasteiger partial charge in [0.1, 0.15) is 17.3 Å². The van der Waals surface area contributed by atoms with Crippen molar-refractivity contribution in [3.8, 4) is 10.4 Å². The van der Waals surface area contributed by atoms with E-state index in [1.54, 1.807) is 30.0 Å². The summed E-state index contributed by atoms with van der Waals surface area (Å²) in [4.78, 5) is 27.8. The van der Waals surface area contributed by atoms with Gasteiger partial charge in [0.2, 0.25) is 0 Å². The first-order valence-corrected chi connectivity index (χ1v) is 11.6. The van der Waals surface area contributed by atoms with Crippen LogP contribution in [0, 0.1) is 24.4 Å². The fourth-order valence-corrected chi connectivity index (χ4v) is 5.33. The number of carbonyl (C=O) groups is 1. The Kier molecular flexibility index (Phi) is 5.65. The molecule has 2 aromatic heterocycles. The van der Waals surface area contributed by atoms with E-state index in [1.807, 2.05) is 0 Å². The maximum atomic E-state index is 14.5. The summed E-state index contributed by atoms with van der Waals surface area (Å²) >= 11 is 1.30. The Morgan fingerprint density at radius 1 is 1.12 bits per heavy atom. The molecule has 170 valence electrons. The van der Waals surface area contributed by atoms with Crippen molar-refractivity contribution in [1.29, 1.82) is 0 Å². The lowest BCUT2D eigenvalue weighted by Gasteiger charge is -2.35. The van der Waals surface area contributed by atoms with Gasteiger partial charge >= 0.3 is 0 Å². The second-order valence-corrected chi connectivity index (χ2v) is 9.41. The normalized spacial score (nSPS) is 16.5. The Morgan fingerprint density at radius 2 is 1.91 bits per heavy atom. The van der Waals surface area contributed by atoms with E-state index in [0.717, 1.165) is 31.4 Å². The largest absolute Gasteiger partial charge is 0.342 e. The fraction of sp³-hybridized carbons (Fsp3) is 0.292. The third-order valence-corrected chi connectivity index (χ3v) is 6.95. The molecule has 1 saturated heterocycles. The van der Waals surface area contributed by atoms with Crippen LogP contribution in [0.2, 0.25) is 0 Å². The minimum absolute atomic E-state index is 0.156. The van der Waals surface area contributed by atoms with Gasteiger partial charge in [-0.25, -0.2) is 23.1 Å². The molecule has 0 radical (unpaired) electrons. The number of rotatable bonds is 4. The van der Waals surface area contributed by atoms with Crippen LogP contribution in [0.1, 0.15) is 40.6 Å². The number of piperidine rings is 1. The minimum atomic E-state index is -0.949. The zero-order valence-electron chi connectivity index (χ0n) is 17.9. The van der Waals surface area contributed by atoms with E-state index in [4.69, 9.17) is 0 Å². The first-order valence-electron chi connectivity index (χ1n) is 10.8. The summed E-state index contributed by atoms with van der Waals surface area (Å²) in [6, 6.07) is 8.36. The Bertz CT molecular complexity index is 1310. The molecule has 33 heavy (non-hydrogen) atoms. The average molecular weight is 471 g/mol. The van der Waals surface area contributed by atoms with Crippen molar-refractivity contribution >= 4 is 28.3 Å². The monoisotopic (exact) mass is 470 g/mol. The van der Waals surface area contributed by atoms with Gasteiger partial charge < -0.3 is 9.88 Å². The number of hydrogen-bond acceptors (Lipinski definition) is 4. The Morgan fingerprint density at radius 3 is 2.73 bits per heavy atom. The number of hydrogen-bond donors (Lipinski definition) is 1. The molecule has 5 nitrogen and oxygen atoms in total. The molecule has 2 aromatic carbocycles. The van der Waals surface area contributed by atoms with Crippen LogP contribution in [-0.2, 0) is 6.42 Å². The molecule has 3 heterocycles. The zero-order chi connectivity index (χ0) is 23.1. The van der Waals surface area contributed by atoms with Crippen LogP contribution >= 0.6 is 11.3 Å². The molecule has 5 rings (SSSR count). The third-order valence-electron chi connectivity index (χ3n) is 5.95. The molecule has 4 aromatic rings. The number of aromatic amines is 1. The number of aryl methyl sites for hydroxylation is 1. The molecule has 1 aliphatic heterocycles. The quantitative estimate of drug-likeness (QED) is 0.419. The molecule has 9 heteroatoms. The van der Waals surface area contributed by atoms with Gasteiger partial charge in [0.15, 0.2) is 11.6 Å². The standard InChI is InChI=1S/C24H21F3N4OS/c1-13-28-22(23(33-13)15-7-2-3-8-16(15)25)24(32)31-9-5-4-6-14(31)10-21-29-19-11-17(26)18(27)12-20(19)30-21/h2-3,7-8,11-12,14H,4-6,9-10H2,1H3,(H,29,30). The van der Waals surface area contributed by atoms with E-state index < -0.39 is 17.5 Å². The number of fused-ring (bicyclic) bond motifs is 1. The van der Waals surface area contributed by atoms with Crippen LogP contribution in [0.5, 0.6) is 0 Å². The van der Waals surface area contributed by atoms with Gasteiger partial charge in [-0.15, -0.1) is 11.3 Å². The third kappa shape index (κ3) is 4.13. The summed E-state index contributed by atoms with van der Waals surface area (Å²) in [7, 11) is 0. The number of aromatic nitrogens is 3. The smallest absolute Gasteiger partial charge is 0.274 e. The van der Waals surface area contributed by atoms with E-state index in [9.17, 15) is 18.0 Å². The number of amides is 1. The molecule has 1 aliphatic rings. The van der Waals surface area contributed by atoms with Crippen molar-refractivity contribution in [2.45, 2.75) is 38.6 Å². The van der Waals surface area contributed by atoms with Gasteiger partial charge in [0, 0.05) is 36.7 Å². The van der Waals surface area contributed by atoms with Gasteiger partial charge in [0.25, 0.3) is 5.91 Å². The second-order valence-electron chi connectivity index (χ2n) is 8.21. The molecule has 1 fully saturated rings. The maximum Gasteiger partial charge on any atom is 0.274 e. The molecule has 0 saturated carbocycles. The van der Waals surface area contributed by atoms with E-state index in [0.29, 0.717) is 45.3 Å². The van der Waals surface area contributed by atoms with Gasteiger partial charge in [-0.05, 0) is 32.3 Å². The van der Waals surface area contributed by atoms with Crippen molar-refractivity contribution in [1.82, 2.24) is 19.9 Å². The number of carbonyl (C=O) groups excluding carboxylic acids is 1. The summed E-state index contributed by atoms with van der Waals surface area (Å²) in [6.45, 7) is 2.35. The fourth-order valence-electron chi connectivity index (χ4n) is 4.39. The van der Waals surface area contributed by atoms with Crippen LogP contribution < -0.4 is 0 Å². The summed E-state index contributed by atoms with van der Waals surface area (Å²) in [6.07, 6.45) is 3.00. The van der Waals surface area contributed by atoms with Crippen molar-refractivity contribution in [3.63, 3.8) is 0 Å². The molecule has 1 amide bonds. The van der Waals surface area contributed by atoms with Crippen molar-refractivity contribution in [3.05, 3.63) is 70.4 Å². The molecular formula is C24H21F3N4OS. The van der Waals surface area contributed by atoms with Gasteiger partial charge in [-0.3, -0.25) is 4.79 Å². The summed E-state index contributed by atoms with van der Waals surface area (Å²) in [5.41, 5.74) is 1.37. The minimum Gasteiger partial charge on any atom is -0.342 e. The molecule has 0 aliphatic carbocycles. The molecule has 1 atom stereocenters.